The second-order valence-electron chi connectivity index (χ2n) is 3.80. The van der Waals surface area contributed by atoms with Crippen molar-refractivity contribution in [3.05, 3.63) is 28.2 Å². The molecule has 0 saturated heterocycles. The van der Waals surface area contributed by atoms with Crippen molar-refractivity contribution in [1.82, 2.24) is 0 Å². The van der Waals surface area contributed by atoms with Crippen LogP contribution in [0.15, 0.2) is 22.7 Å². The number of carboxylic acids is 1. The lowest BCUT2D eigenvalue weighted by Crippen LogP contribution is -2.20. The molecule has 0 fully saturated rings. The molecule has 1 aromatic carbocycles. The molecular formula is C12H14BrNO3. The smallest absolute Gasteiger partial charge is 0.335 e. The molecular weight excluding hydrogens is 286 g/mol. The molecule has 5 heteroatoms. The van der Waals surface area contributed by atoms with Gasteiger partial charge in [-0.1, -0.05) is 13.8 Å². The minimum absolute atomic E-state index is 0.101. The lowest BCUT2D eigenvalue weighted by molar-refractivity contribution is -0.119. The molecule has 17 heavy (non-hydrogen) atoms. The molecule has 0 aliphatic heterocycles. The Hall–Kier alpha value is -1.36. The zero-order chi connectivity index (χ0) is 13.0. The van der Waals surface area contributed by atoms with Crippen molar-refractivity contribution in [3.8, 4) is 0 Å². The van der Waals surface area contributed by atoms with Crippen molar-refractivity contribution in [2.45, 2.75) is 20.3 Å². The zero-order valence-electron chi connectivity index (χ0n) is 9.66. The summed E-state index contributed by atoms with van der Waals surface area (Å²) in [6.07, 6.45) is 0.738. The van der Waals surface area contributed by atoms with Gasteiger partial charge in [0, 0.05) is 10.4 Å². The second-order valence-corrected chi connectivity index (χ2v) is 4.65. The van der Waals surface area contributed by atoms with Crippen LogP contribution in [0.3, 0.4) is 0 Å². The van der Waals surface area contributed by atoms with Crippen LogP contribution in [0, 0.1) is 5.92 Å². The first-order chi connectivity index (χ1) is 7.95. The Labute approximate surface area is 108 Å². The van der Waals surface area contributed by atoms with Gasteiger partial charge in [-0.05, 0) is 40.5 Å². The van der Waals surface area contributed by atoms with E-state index in [1.165, 1.54) is 12.1 Å². The fourth-order valence-corrected chi connectivity index (χ4v) is 1.54. The van der Waals surface area contributed by atoms with Gasteiger partial charge < -0.3 is 10.4 Å². The number of halogens is 1. The van der Waals surface area contributed by atoms with Gasteiger partial charge in [-0.25, -0.2) is 4.79 Å². The van der Waals surface area contributed by atoms with Gasteiger partial charge in [0.2, 0.25) is 5.91 Å². The van der Waals surface area contributed by atoms with Crippen molar-refractivity contribution in [2.24, 2.45) is 5.92 Å². The molecule has 1 amide bonds. The van der Waals surface area contributed by atoms with E-state index in [4.69, 9.17) is 5.11 Å². The Morgan fingerprint density at radius 2 is 2.12 bits per heavy atom. The predicted octanol–water partition coefficient (Wildman–Crippen LogP) is 3.13. The van der Waals surface area contributed by atoms with Crippen molar-refractivity contribution in [2.75, 3.05) is 5.32 Å². The third-order valence-corrected chi connectivity index (χ3v) is 3.22. The summed E-state index contributed by atoms with van der Waals surface area (Å²) in [7, 11) is 0. The third-order valence-electron chi connectivity index (χ3n) is 2.53. The van der Waals surface area contributed by atoms with Gasteiger partial charge in [0.25, 0.3) is 0 Å². The van der Waals surface area contributed by atoms with E-state index in [1.54, 1.807) is 6.07 Å². The van der Waals surface area contributed by atoms with Crippen LogP contribution in [0.25, 0.3) is 0 Å². The summed E-state index contributed by atoms with van der Waals surface area (Å²) in [4.78, 5) is 22.5. The Balaban J connectivity index is 2.94. The summed E-state index contributed by atoms with van der Waals surface area (Å²) < 4.78 is 0.666. The number of nitrogens with one attached hydrogen (secondary N) is 1. The summed E-state index contributed by atoms with van der Waals surface area (Å²) in [5.74, 6) is -1.23. The van der Waals surface area contributed by atoms with E-state index in [0.717, 1.165) is 6.42 Å². The van der Waals surface area contributed by atoms with Gasteiger partial charge >= 0.3 is 5.97 Å². The van der Waals surface area contributed by atoms with Crippen LogP contribution in [0.2, 0.25) is 0 Å². The van der Waals surface area contributed by atoms with E-state index in [0.29, 0.717) is 10.2 Å². The number of hydrogen-bond donors (Lipinski definition) is 2. The van der Waals surface area contributed by atoms with Crippen molar-refractivity contribution >= 4 is 33.5 Å². The normalized spacial score (nSPS) is 11.9. The van der Waals surface area contributed by atoms with Crippen LogP contribution in [0.1, 0.15) is 30.6 Å². The number of carboxylic acid groups (broad SMARTS) is 1. The van der Waals surface area contributed by atoms with Gasteiger partial charge in [-0.2, -0.15) is 0 Å². The fraction of sp³-hybridized carbons (Fsp3) is 0.333. The first-order valence-corrected chi connectivity index (χ1v) is 6.08. The molecule has 1 unspecified atom stereocenters. The molecule has 4 nitrogen and oxygen atoms in total. The van der Waals surface area contributed by atoms with Crippen LogP contribution in [-0.2, 0) is 4.79 Å². The fourth-order valence-electron chi connectivity index (χ4n) is 1.20. The van der Waals surface area contributed by atoms with E-state index in [-0.39, 0.29) is 17.4 Å². The molecule has 1 rings (SSSR count). The average Bonchev–Trinajstić information content (AvgIpc) is 2.30. The molecule has 0 bridgehead atoms. The lowest BCUT2D eigenvalue weighted by atomic mass is 10.1. The van der Waals surface area contributed by atoms with Crippen LogP contribution >= 0.6 is 15.9 Å². The maximum Gasteiger partial charge on any atom is 0.335 e. The van der Waals surface area contributed by atoms with Crippen LogP contribution in [-0.4, -0.2) is 17.0 Å². The van der Waals surface area contributed by atoms with Gasteiger partial charge in [0.15, 0.2) is 0 Å². The lowest BCUT2D eigenvalue weighted by Gasteiger charge is -2.11. The number of rotatable bonds is 4. The van der Waals surface area contributed by atoms with Gasteiger partial charge in [-0.15, -0.1) is 0 Å². The van der Waals surface area contributed by atoms with Crippen molar-refractivity contribution < 1.29 is 14.7 Å². The Morgan fingerprint density at radius 1 is 1.47 bits per heavy atom. The molecule has 92 valence electrons. The minimum atomic E-state index is -1.02. The van der Waals surface area contributed by atoms with Crippen LogP contribution in [0.4, 0.5) is 5.69 Å². The van der Waals surface area contributed by atoms with E-state index in [9.17, 15) is 9.59 Å². The molecule has 0 aliphatic carbocycles. The SMILES string of the molecule is CCC(C)C(=O)Nc1cc(C(=O)O)ccc1Br. The monoisotopic (exact) mass is 299 g/mol. The number of benzene rings is 1. The molecule has 1 atom stereocenters. The highest BCUT2D eigenvalue weighted by atomic mass is 79.9. The number of aromatic carboxylic acids is 1. The summed E-state index contributed by atoms with van der Waals surface area (Å²) in [5, 5.41) is 11.6. The van der Waals surface area contributed by atoms with Crippen molar-refractivity contribution in [1.29, 1.82) is 0 Å². The molecule has 0 heterocycles. The Morgan fingerprint density at radius 3 is 2.65 bits per heavy atom. The Kier molecular flexibility index (Phi) is 4.69. The van der Waals surface area contributed by atoms with E-state index in [1.807, 2.05) is 13.8 Å². The van der Waals surface area contributed by atoms with Gasteiger partial charge in [0.05, 0.1) is 11.3 Å². The van der Waals surface area contributed by atoms with Crippen LogP contribution < -0.4 is 5.32 Å². The molecule has 0 radical (unpaired) electrons. The molecule has 1 aromatic rings. The molecule has 0 saturated carbocycles. The van der Waals surface area contributed by atoms with E-state index >= 15 is 0 Å². The maximum absolute atomic E-state index is 11.7. The average molecular weight is 300 g/mol. The topological polar surface area (TPSA) is 66.4 Å². The van der Waals surface area contributed by atoms with E-state index in [2.05, 4.69) is 21.2 Å². The first-order valence-electron chi connectivity index (χ1n) is 5.29. The summed E-state index contributed by atoms with van der Waals surface area (Å²) in [6.45, 7) is 3.75. The third kappa shape index (κ3) is 3.56. The Bertz CT molecular complexity index is 445. The maximum atomic E-state index is 11.7. The highest BCUT2D eigenvalue weighted by Gasteiger charge is 2.13. The standard InChI is InChI=1S/C12H14BrNO3/c1-3-7(2)11(15)14-10-6-8(12(16)17)4-5-9(10)13/h4-7H,3H2,1-2H3,(H,14,15)(H,16,17). The highest BCUT2D eigenvalue weighted by Crippen LogP contribution is 2.24. The van der Waals surface area contributed by atoms with Gasteiger partial charge in [0.1, 0.15) is 0 Å². The number of anilines is 1. The highest BCUT2D eigenvalue weighted by molar-refractivity contribution is 9.10. The number of amides is 1. The molecule has 2 N–H and O–H groups in total. The number of hydrogen-bond acceptors (Lipinski definition) is 2. The van der Waals surface area contributed by atoms with Gasteiger partial charge in [-0.3, -0.25) is 4.79 Å². The van der Waals surface area contributed by atoms with E-state index < -0.39 is 5.97 Å². The number of carbonyl (C=O) groups is 2. The summed E-state index contributed by atoms with van der Waals surface area (Å²) in [5.41, 5.74) is 0.628. The largest absolute Gasteiger partial charge is 0.478 e. The summed E-state index contributed by atoms with van der Waals surface area (Å²) >= 11 is 3.27. The second kappa shape index (κ2) is 5.82. The molecule has 0 aromatic heterocycles. The minimum Gasteiger partial charge on any atom is -0.478 e. The van der Waals surface area contributed by atoms with Crippen molar-refractivity contribution in [3.63, 3.8) is 0 Å². The zero-order valence-corrected chi connectivity index (χ0v) is 11.2. The molecule has 0 spiro atoms. The molecule has 0 aliphatic rings. The van der Waals surface area contributed by atoms with Crippen LogP contribution in [0.5, 0.6) is 0 Å². The predicted molar refractivity (Wildman–Crippen MR) is 69.2 cm³/mol. The number of carbonyl (C=O) groups excluding carboxylic acids is 1. The first kappa shape index (κ1) is 13.7. The quantitative estimate of drug-likeness (QED) is 0.897. The summed E-state index contributed by atoms with van der Waals surface area (Å²) in [6, 6.07) is 4.52.